The first-order valence-corrected chi connectivity index (χ1v) is 15.3. The van der Waals surface area contributed by atoms with E-state index in [9.17, 15) is 31.2 Å². The molecular formula is C30H29ClF3N3O5S. The van der Waals surface area contributed by atoms with Crippen LogP contribution in [0.4, 0.5) is 18.0 Å². The number of nitrogens with one attached hydrogen (secondary N) is 2. The molecule has 0 saturated heterocycles. The number of rotatable bonds is 10. The number of amides is 3. The van der Waals surface area contributed by atoms with Crippen LogP contribution in [0, 0.1) is 0 Å². The highest BCUT2D eigenvalue weighted by Gasteiger charge is 2.34. The highest BCUT2D eigenvalue weighted by molar-refractivity contribution is 7.91. The first-order valence-electron chi connectivity index (χ1n) is 13.3. The zero-order valence-corrected chi connectivity index (χ0v) is 24.8. The van der Waals surface area contributed by atoms with E-state index in [1.54, 1.807) is 12.1 Å². The molecule has 3 aromatic carbocycles. The molecule has 0 aliphatic carbocycles. The summed E-state index contributed by atoms with van der Waals surface area (Å²) in [4.78, 5) is 24.8. The van der Waals surface area contributed by atoms with Gasteiger partial charge in [-0.3, -0.25) is 4.79 Å². The van der Waals surface area contributed by atoms with E-state index < -0.39 is 39.6 Å². The van der Waals surface area contributed by atoms with Gasteiger partial charge in [-0.15, -0.1) is 0 Å². The summed E-state index contributed by atoms with van der Waals surface area (Å²) >= 11 is 5.82. The van der Waals surface area contributed by atoms with Crippen LogP contribution in [0.25, 0.3) is 11.0 Å². The van der Waals surface area contributed by atoms with Crippen molar-refractivity contribution in [2.45, 2.75) is 43.8 Å². The SMILES string of the molecule is CCc1c(Cc2ccc(Cl)cc2C(F)(F)F)oc2cc(C(=O)N[C@@H](CNC(N)=O)c3ccc(S(=O)(=O)CC)cc3)ccc12. The second-order valence-corrected chi connectivity index (χ2v) is 12.5. The van der Waals surface area contributed by atoms with Crippen LogP contribution in [0.15, 0.2) is 70.0 Å². The molecule has 1 atom stereocenters. The summed E-state index contributed by atoms with van der Waals surface area (Å²) in [6.45, 7) is 3.31. The summed E-state index contributed by atoms with van der Waals surface area (Å²) in [6, 6.07) is 12.7. The second kappa shape index (κ2) is 12.7. The number of primary amides is 1. The summed E-state index contributed by atoms with van der Waals surface area (Å²) in [5.41, 5.74) is 6.15. The number of urea groups is 1. The smallest absolute Gasteiger partial charge is 0.416 e. The summed E-state index contributed by atoms with van der Waals surface area (Å²) in [6.07, 6.45) is -4.25. The summed E-state index contributed by atoms with van der Waals surface area (Å²) in [5.74, 6) is -0.264. The molecule has 0 radical (unpaired) electrons. The maximum Gasteiger partial charge on any atom is 0.416 e. The topological polar surface area (TPSA) is 132 Å². The highest BCUT2D eigenvalue weighted by atomic mass is 35.5. The van der Waals surface area contributed by atoms with E-state index in [-0.39, 0.29) is 39.8 Å². The number of benzene rings is 3. The van der Waals surface area contributed by atoms with Crippen molar-refractivity contribution in [1.29, 1.82) is 0 Å². The number of alkyl halides is 3. The number of halogens is 4. The van der Waals surface area contributed by atoms with Crippen molar-refractivity contribution in [2.24, 2.45) is 5.73 Å². The number of carbonyl (C=O) groups excluding carboxylic acids is 2. The van der Waals surface area contributed by atoms with Crippen LogP contribution in [0.3, 0.4) is 0 Å². The minimum Gasteiger partial charge on any atom is -0.460 e. The quantitative estimate of drug-likeness (QED) is 0.191. The van der Waals surface area contributed by atoms with Crippen molar-refractivity contribution in [1.82, 2.24) is 10.6 Å². The van der Waals surface area contributed by atoms with E-state index in [4.69, 9.17) is 21.8 Å². The fourth-order valence-electron chi connectivity index (χ4n) is 4.78. The maximum absolute atomic E-state index is 13.7. The average molecular weight is 636 g/mol. The number of aryl methyl sites for hydroxylation is 1. The molecule has 4 N–H and O–H groups in total. The Morgan fingerprint density at radius 3 is 2.33 bits per heavy atom. The standard InChI is InChI=1S/C30H29ClF3N3O5S/c1-3-22-23-12-8-19(14-27(23)42-26(22)13-18-5-9-20(31)15-24(18)30(32,33)34)28(38)37-25(16-36-29(35)39)17-6-10-21(11-7-17)43(40,41)4-2/h5-12,14-15,25H,3-4,13,16H2,1-2H3,(H,37,38)(H3,35,36,39)/t25-/m0/s1. The molecule has 8 nitrogen and oxygen atoms in total. The third-order valence-electron chi connectivity index (χ3n) is 7.03. The van der Waals surface area contributed by atoms with Gasteiger partial charge in [0.1, 0.15) is 11.3 Å². The molecule has 0 unspecified atom stereocenters. The predicted molar refractivity (Wildman–Crippen MR) is 157 cm³/mol. The van der Waals surface area contributed by atoms with E-state index in [1.165, 1.54) is 49.4 Å². The first-order chi connectivity index (χ1) is 20.2. The Morgan fingerprint density at radius 2 is 1.72 bits per heavy atom. The molecule has 228 valence electrons. The third kappa shape index (κ3) is 7.31. The van der Waals surface area contributed by atoms with Gasteiger partial charge in [0.15, 0.2) is 9.84 Å². The van der Waals surface area contributed by atoms with Crippen LogP contribution in [0.5, 0.6) is 0 Å². The van der Waals surface area contributed by atoms with Crippen LogP contribution >= 0.6 is 11.6 Å². The monoisotopic (exact) mass is 635 g/mol. The van der Waals surface area contributed by atoms with Crippen molar-refractivity contribution in [3.05, 3.63) is 99.3 Å². The third-order valence-corrected chi connectivity index (χ3v) is 9.01. The van der Waals surface area contributed by atoms with Crippen LogP contribution in [-0.2, 0) is 28.9 Å². The molecule has 0 fully saturated rings. The molecule has 0 aliphatic heterocycles. The lowest BCUT2D eigenvalue weighted by atomic mass is 9.99. The zero-order chi connectivity index (χ0) is 31.5. The maximum atomic E-state index is 13.7. The summed E-state index contributed by atoms with van der Waals surface area (Å²) < 4.78 is 71.4. The fraction of sp³-hybridized carbons (Fsp3) is 0.267. The van der Waals surface area contributed by atoms with Gasteiger partial charge in [-0.1, -0.05) is 49.7 Å². The number of hydrogen-bond acceptors (Lipinski definition) is 5. The molecule has 0 bridgehead atoms. The molecule has 43 heavy (non-hydrogen) atoms. The molecule has 4 aromatic rings. The van der Waals surface area contributed by atoms with Crippen molar-refractivity contribution >= 4 is 44.3 Å². The van der Waals surface area contributed by atoms with Crippen molar-refractivity contribution in [2.75, 3.05) is 12.3 Å². The van der Waals surface area contributed by atoms with Gasteiger partial charge in [-0.05, 0) is 53.9 Å². The molecule has 4 rings (SSSR count). The Bertz CT molecular complexity index is 1770. The van der Waals surface area contributed by atoms with Crippen molar-refractivity contribution in [3.8, 4) is 0 Å². The molecule has 0 aliphatic rings. The predicted octanol–water partition coefficient (Wildman–Crippen LogP) is 6.19. The van der Waals surface area contributed by atoms with Gasteiger partial charge >= 0.3 is 12.2 Å². The van der Waals surface area contributed by atoms with Gasteiger partial charge in [-0.25, -0.2) is 13.2 Å². The second-order valence-electron chi connectivity index (χ2n) is 9.79. The minimum absolute atomic E-state index is 0.00571. The van der Waals surface area contributed by atoms with Gasteiger partial charge in [0.05, 0.1) is 22.3 Å². The zero-order valence-electron chi connectivity index (χ0n) is 23.2. The lowest BCUT2D eigenvalue weighted by Crippen LogP contribution is -2.39. The van der Waals surface area contributed by atoms with Crippen molar-refractivity contribution < 1.29 is 35.6 Å². The van der Waals surface area contributed by atoms with E-state index in [0.29, 0.717) is 28.7 Å². The van der Waals surface area contributed by atoms with Gasteiger partial charge in [0, 0.05) is 34.5 Å². The molecule has 1 aromatic heterocycles. The molecule has 0 saturated carbocycles. The average Bonchev–Trinajstić information content (AvgIpc) is 3.31. The molecule has 1 heterocycles. The van der Waals surface area contributed by atoms with E-state index in [1.807, 2.05) is 6.92 Å². The Morgan fingerprint density at radius 1 is 1.02 bits per heavy atom. The lowest BCUT2D eigenvalue weighted by molar-refractivity contribution is -0.138. The molecular weight excluding hydrogens is 607 g/mol. The Labute approximate surface area is 251 Å². The Balaban J connectivity index is 1.63. The van der Waals surface area contributed by atoms with Gasteiger partial charge in [0.25, 0.3) is 5.91 Å². The summed E-state index contributed by atoms with van der Waals surface area (Å²) in [7, 11) is -3.44. The van der Waals surface area contributed by atoms with Gasteiger partial charge < -0.3 is 20.8 Å². The molecule has 0 spiro atoms. The number of sulfone groups is 1. The summed E-state index contributed by atoms with van der Waals surface area (Å²) in [5, 5.41) is 5.89. The van der Waals surface area contributed by atoms with Crippen LogP contribution < -0.4 is 16.4 Å². The number of nitrogens with two attached hydrogens (primary N) is 1. The largest absolute Gasteiger partial charge is 0.460 e. The normalized spacial score (nSPS) is 12.7. The minimum atomic E-state index is -4.60. The number of hydrogen-bond donors (Lipinski definition) is 3. The van der Waals surface area contributed by atoms with E-state index >= 15 is 0 Å². The van der Waals surface area contributed by atoms with Crippen LogP contribution in [0.2, 0.25) is 5.02 Å². The van der Waals surface area contributed by atoms with Crippen molar-refractivity contribution in [3.63, 3.8) is 0 Å². The number of fused-ring (bicyclic) bond motifs is 1. The van der Waals surface area contributed by atoms with E-state index in [2.05, 4.69) is 10.6 Å². The Hall–Kier alpha value is -4.03. The Kier molecular flexibility index (Phi) is 9.41. The fourth-order valence-corrected chi connectivity index (χ4v) is 5.84. The van der Waals surface area contributed by atoms with Gasteiger partial charge in [0.2, 0.25) is 0 Å². The van der Waals surface area contributed by atoms with Crippen LogP contribution in [-0.4, -0.2) is 32.7 Å². The van der Waals surface area contributed by atoms with E-state index in [0.717, 1.165) is 11.6 Å². The number of furan rings is 1. The number of carbonyl (C=O) groups is 2. The van der Waals surface area contributed by atoms with Crippen LogP contribution in [0.1, 0.15) is 58.3 Å². The highest BCUT2D eigenvalue weighted by Crippen LogP contribution is 2.36. The lowest BCUT2D eigenvalue weighted by Gasteiger charge is -2.20. The molecule has 13 heteroatoms. The van der Waals surface area contributed by atoms with Gasteiger partial charge in [-0.2, -0.15) is 13.2 Å². The molecule has 3 amide bonds. The first kappa shape index (κ1) is 31.9.